The Morgan fingerprint density at radius 1 is 1.53 bits per heavy atom. The highest BCUT2D eigenvalue weighted by molar-refractivity contribution is 7.12. The maximum absolute atomic E-state index is 9.95. The second-order valence-corrected chi connectivity index (χ2v) is 5.95. The Morgan fingerprint density at radius 3 is 2.73 bits per heavy atom. The standard InChI is InChI=1S/C12H19NOS/c1-9-4-5-11(15-9)10(2)13-8-12(14)6-3-7-12/h4-5,10,13-14H,3,6-8H2,1-2H3. The fourth-order valence-corrected chi connectivity index (χ4v) is 2.80. The van der Waals surface area contributed by atoms with Gasteiger partial charge in [-0.15, -0.1) is 11.3 Å². The van der Waals surface area contributed by atoms with E-state index in [0.29, 0.717) is 6.04 Å². The molecule has 2 nitrogen and oxygen atoms in total. The summed E-state index contributed by atoms with van der Waals surface area (Å²) in [4.78, 5) is 2.71. The van der Waals surface area contributed by atoms with E-state index in [1.807, 2.05) is 11.3 Å². The molecule has 0 radical (unpaired) electrons. The van der Waals surface area contributed by atoms with Gasteiger partial charge in [0.15, 0.2) is 0 Å². The van der Waals surface area contributed by atoms with E-state index < -0.39 is 5.60 Å². The zero-order valence-electron chi connectivity index (χ0n) is 9.42. The minimum absolute atomic E-state index is 0.355. The zero-order valence-corrected chi connectivity index (χ0v) is 10.2. The molecule has 1 aromatic rings. The first-order chi connectivity index (χ1) is 7.09. The Kier molecular flexibility index (Phi) is 3.14. The molecule has 1 aliphatic carbocycles. The van der Waals surface area contributed by atoms with Crippen molar-refractivity contribution in [1.29, 1.82) is 0 Å². The molecule has 1 aliphatic rings. The molecule has 1 atom stereocenters. The lowest BCUT2D eigenvalue weighted by Crippen LogP contribution is -2.46. The molecule has 2 N–H and O–H groups in total. The third-order valence-corrected chi connectivity index (χ3v) is 4.39. The molecule has 0 spiro atoms. The van der Waals surface area contributed by atoms with E-state index in [0.717, 1.165) is 19.4 Å². The molecular weight excluding hydrogens is 206 g/mol. The second-order valence-electron chi connectivity index (χ2n) is 4.63. The SMILES string of the molecule is Cc1ccc(C(C)NCC2(O)CCC2)s1. The second kappa shape index (κ2) is 4.24. The van der Waals surface area contributed by atoms with Crippen LogP contribution in [0.2, 0.25) is 0 Å². The fraction of sp³-hybridized carbons (Fsp3) is 0.667. The van der Waals surface area contributed by atoms with Crippen LogP contribution in [0, 0.1) is 6.92 Å². The number of hydrogen-bond acceptors (Lipinski definition) is 3. The van der Waals surface area contributed by atoms with Crippen molar-refractivity contribution in [3.63, 3.8) is 0 Å². The lowest BCUT2D eigenvalue weighted by atomic mass is 9.80. The molecule has 0 saturated heterocycles. The van der Waals surface area contributed by atoms with Crippen LogP contribution in [-0.2, 0) is 0 Å². The summed E-state index contributed by atoms with van der Waals surface area (Å²) in [5.41, 5.74) is -0.416. The van der Waals surface area contributed by atoms with Crippen LogP contribution in [0.1, 0.15) is 42.0 Å². The lowest BCUT2D eigenvalue weighted by molar-refractivity contribution is -0.0328. The Labute approximate surface area is 95.3 Å². The topological polar surface area (TPSA) is 32.3 Å². The molecule has 1 saturated carbocycles. The summed E-state index contributed by atoms with van der Waals surface area (Å²) < 4.78 is 0. The number of rotatable bonds is 4. The molecule has 0 aromatic carbocycles. The molecule has 84 valence electrons. The van der Waals surface area contributed by atoms with Gasteiger partial charge in [-0.05, 0) is 45.2 Å². The predicted octanol–water partition coefficient (Wildman–Crippen LogP) is 2.62. The molecular formula is C12H19NOS. The van der Waals surface area contributed by atoms with Crippen molar-refractivity contribution in [2.24, 2.45) is 0 Å². The van der Waals surface area contributed by atoms with Crippen LogP contribution in [0.4, 0.5) is 0 Å². The van der Waals surface area contributed by atoms with E-state index in [1.54, 1.807) is 0 Å². The van der Waals surface area contributed by atoms with Gasteiger partial charge in [-0.25, -0.2) is 0 Å². The number of hydrogen-bond donors (Lipinski definition) is 2. The third-order valence-electron chi connectivity index (χ3n) is 3.21. The van der Waals surface area contributed by atoms with Crippen molar-refractivity contribution in [2.75, 3.05) is 6.54 Å². The molecule has 0 bridgehead atoms. The molecule has 0 aliphatic heterocycles. The molecule has 3 heteroatoms. The minimum Gasteiger partial charge on any atom is -0.389 e. The van der Waals surface area contributed by atoms with Gasteiger partial charge in [0.05, 0.1) is 5.60 Å². The molecule has 1 aromatic heterocycles. The summed E-state index contributed by atoms with van der Waals surface area (Å²) >= 11 is 1.83. The maximum atomic E-state index is 9.95. The van der Waals surface area contributed by atoms with E-state index in [-0.39, 0.29) is 0 Å². The van der Waals surface area contributed by atoms with Crippen LogP contribution < -0.4 is 5.32 Å². The van der Waals surface area contributed by atoms with E-state index in [1.165, 1.54) is 16.2 Å². The lowest BCUT2D eigenvalue weighted by Gasteiger charge is -2.37. The summed E-state index contributed by atoms with van der Waals surface area (Å²) in [6.45, 7) is 5.01. The van der Waals surface area contributed by atoms with Gasteiger partial charge in [0, 0.05) is 22.3 Å². The number of nitrogens with one attached hydrogen (secondary N) is 1. The van der Waals surface area contributed by atoms with Crippen molar-refractivity contribution in [3.8, 4) is 0 Å². The molecule has 1 unspecified atom stereocenters. The van der Waals surface area contributed by atoms with Gasteiger partial charge in [-0.1, -0.05) is 0 Å². The highest BCUT2D eigenvalue weighted by atomic mass is 32.1. The van der Waals surface area contributed by atoms with Gasteiger partial charge >= 0.3 is 0 Å². The van der Waals surface area contributed by atoms with E-state index in [4.69, 9.17) is 0 Å². The van der Waals surface area contributed by atoms with Gasteiger partial charge in [-0.3, -0.25) is 0 Å². The number of aliphatic hydroxyl groups is 1. The van der Waals surface area contributed by atoms with Gasteiger partial charge in [0.25, 0.3) is 0 Å². The van der Waals surface area contributed by atoms with Crippen LogP contribution in [0.3, 0.4) is 0 Å². The summed E-state index contributed by atoms with van der Waals surface area (Å²) in [6, 6.07) is 4.67. The fourth-order valence-electron chi connectivity index (χ4n) is 1.89. The predicted molar refractivity (Wildman–Crippen MR) is 64.3 cm³/mol. The monoisotopic (exact) mass is 225 g/mol. The van der Waals surface area contributed by atoms with Crippen LogP contribution >= 0.6 is 11.3 Å². The Hall–Kier alpha value is -0.380. The average molecular weight is 225 g/mol. The van der Waals surface area contributed by atoms with Crippen molar-refractivity contribution in [2.45, 2.75) is 44.8 Å². The third kappa shape index (κ3) is 2.60. The Balaban J connectivity index is 1.84. The highest BCUT2D eigenvalue weighted by Gasteiger charge is 2.34. The summed E-state index contributed by atoms with van der Waals surface area (Å²) in [6.07, 6.45) is 3.08. The van der Waals surface area contributed by atoms with Gasteiger partial charge < -0.3 is 10.4 Å². The zero-order chi connectivity index (χ0) is 10.9. The normalized spacial score (nSPS) is 21.0. The first-order valence-electron chi connectivity index (χ1n) is 5.61. The largest absolute Gasteiger partial charge is 0.389 e. The van der Waals surface area contributed by atoms with Crippen LogP contribution in [0.25, 0.3) is 0 Å². The first kappa shape index (κ1) is 11.1. The van der Waals surface area contributed by atoms with E-state index >= 15 is 0 Å². The Bertz CT molecular complexity index is 330. The summed E-state index contributed by atoms with van der Waals surface area (Å²) in [7, 11) is 0. The molecule has 1 fully saturated rings. The number of thiophene rings is 1. The highest BCUT2D eigenvalue weighted by Crippen LogP contribution is 2.31. The molecule has 15 heavy (non-hydrogen) atoms. The summed E-state index contributed by atoms with van der Waals surface area (Å²) in [5.74, 6) is 0. The first-order valence-corrected chi connectivity index (χ1v) is 6.43. The smallest absolute Gasteiger partial charge is 0.0771 e. The van der Waals surface area contributed by atoms with E-state index in [2.05, 4.69) is 31.3 Å². The van der Waals surface area contributed by atoms with Crippen LogP contribution in [0.15, 0.2) is 12.1 Å². The van der Waals surface area contributed by atoms with Crippen molar-refractivity contribution >= 4 is 11.3 Å². The maximum Gasteiger partial charge on any atom is 0.0771 e. The van der Waals surface area contributed by atoms with Gasteiger partial charge in [-0.2, -0.15) is 0 Å². The van der Waals surface area contributed by atoms with Gasteiger partial charge in [0.1, 0.15) is 0 Å². The van der Waals surface area contributed by atoms with E-state index in [9.17, 15) is 5.11 Å². The molecule has 0 amide bonds. The quantitative estimate of drug-likeness (QED) is 0.825. The van der Waals surface area contributed by atoms with Crippen LogP contribution in [-0.4, -0.2) is 17.3 Å². The Morgan fingerprint density at radius 2 is 2.27 bits per heavy atom. The molecule has 1 heterocycles. The summed E-state index contributed by atoms with van der Waals surface area (Å²) in [5, 5.41) is 13.4. The van der Waals surface area contributed by atoms with Crippen LogP contribution in [0.5, 0.6) is 0 Å². The van der Waals surface area contributed by atoms with Crippen molar-refractivity contribution in [1.82, 2.24) is 5.32 Å². The minimum atomic E-state index is -0.416. The molecule has 2 rings (SSSR count). The van der Waals surface area contributed by atoms with Gasteiger partial charge in [0.2, 0.25) is 0 Å². The average Bonchev–Trinajstić information content (AvgIpc) is 2.58. The van der Waals surface area contributed by atoms with Crippen molar-refractivity contribution < 1.29 is 5.11 Å². The van der Waals surface area contributed by atoms with Crippen molar-refractivity contribution in [3.05, 3.63) is 21.9 Å². The number of aryl methyl sites for hydroxylation is 1.